The first-order chi connectivity index (χ1) is 13.6. The van der Waals surface area contributed by atoms with Crippen molar-refractivity contribution in [3.8, 4) is 0 Å². The lowest BCUT2D eigenvalue weighted by atomic mass is 10.0. The second kappa shape index (κ2) is 8.08. The molecule has 1 aliphatic heterocycles. The molecule has 2 N–H and O–H groups in total. The Labute approximate surface area is 173 Å². The number of hydrogen-bond acceptors (Lipinski definition) is 4. The molecule has 0 spiro atoms. The van der Waals surface area contributed by atoms with Crippen molar-refractivity contribution >= 4 is 40.3 Å². The molecule has 0 radical (unpaired) electrons. The lowest BCUT2D eigenvalue weighted by Gasteiger charge is -2.26. The van der Waals surface area contributed by atoms with E-state index in [1.165, 1.54) is 4.88 Å². The number of thiophene rings is 1. The van der Waals surface area contributed by atoms with Crippen LogP contribution in [0.15, 0.2) is 66.9 Å². The van der Waals surface area contributed by atoms with Crippen LogP contribution in [0.5, 0.6) is 0 Å². The number of nitrogens with zero attached hydrogens (tertiary/aromatic N) is 2. The molecule has 5 nitrogen and oxygen atoms in total. The van der Waals surface area contributed by atoms with Gasteiger partial charge in [0.2, 0.25) is 5.91 Å². The van der Waals surface area contributed by atoms with E-state index in [1.54, 1.807) is 17.5 Å². The Hall–Kier alpha value is -2.77. The van der Waals surface area contributed by atoms with Gasteiger partial charge in [-0.3, -0.25) is 9.78 Å². The fraction of sp³-hybridized carbons (Fsp3) is 0.190. The molecule has 2 atom stereocenters. The quantitative estimate of drug-likeness (QED) is 0.624. The minimum Gasteiger partial charge on any atom is -0.352 e. The Morgan fingerprint density at radius 1 is 1.18 bits per heavy atom. The minimum atomic E-state index is -0.102. The van der Waals surface area contributed by atoms with E-state index in [9.17, 15) is 4.79 Å². The summed E-state index contributed by atoms with van der Waals surface area (Å²) in [5, 5.41) is 6.87. The second-order valence-electron chi connectivity index (χ2n) is 6.62. The number of anilines is 1. The average Bonchev–Trinajstić information content (AvgIpc) is 3.26. The molecule has 3 aromatic rings. The van der Waals surface area contributed by atoms with Gasteiger partial charge in [-0.1, -0.05) is 24.3 Å². The van der Waals surface area contributed by atoms with E-state index < -0.39 is 0 Å². The molecular formula is C21H20N4OS2. The van der Waals surface area contributed by atoms with Gasteiger partial charge in [0.25, 0.3) is 0 Å². The number of carbonyl (C=O) groups excluding carboxylic acids is 1. The maximum absolute atomic E-state index is 12.7. The molecule has 0 bridgehead atoms. The summed E-state index contributed by atoms with van der Waals surface area (Å²) in [6.07, 6.45) is 1.78. The Morgan fingerprint density at radius 3 is 2.64 bits per heavy atom. The number of hydrogen-bond donors (Lipinski definition) is 2. The molecular weight excluding hydrogens is 388 g/mol. The van der Waals surface area contributed by atoms with Gasteiger partial charge in [0.05, 0.1) is 17.8 Å². The molecule has 1 saturated heterocycles. The van der Waals surface area contributed by atoms with Gasteiger partial charge in [0.1, 0.15) is 6.54 Å². The van der Waals surface area contributed by atoms with E-state index in [1.807, 2.05) is 53.4 Å². The average molecular weight is 409 g/mol. The smallest absolute Gasteiger partial charge is 0.244 e. The molecule has 4 rings (SSSR count). The van der Waals surface area contributed by atoms with E-state index in [4.69, 9.17) is 12.2 Å². The van der Waals surface area contributed by atoms with Crippen molar-refractivity contribution in [2.45, 2.75) is 19.0 Å². The Kier molecular flexibility index (Phi) is 5.36. The highest BCUT2D eigenvalue weighted by molar-refractivity contribution is 7.80. The van der Waals surface area contributed by atoms with Crippen LogP contribution >= 0.6 is 23.6 Å². The van der Waals surface area contributed by atoms with Crippen LogP contribution in [0.1, 0.15) is 27.5 Å². The standard InChI is InChI=1S/C21H20N4OS2/c1-14-10-11-17(28-14)20-19(16-9-5-6-12-22-16)24-21(27)25(20)13-18(26)23-15-7-3-2-4-8-15/h2-12,19-20H,13H2,1H3,(H,23,26)(H,24,27)/t19-,20-/m1/s1. The Bertz CT molecular complexity index is 974. The van der Waals surface area contributed by atoms with E-state index in [2.05, 4.69) is 34.7 Å². The fourth-order valence-electron chi connectivity index (χ4n) is 3.37. The first-order valence-corrected chi connectivity index (χ1v) is 10.2. The molecule has 3 heterocycles. The van der Waals surface area contributed by atoms with Gasteiger partial charge in [-0.05, 0) is 55.5 Å². The van der Waals surface area contributed by atoms with Crippen LogP contribution in [0, 0.1) is 6.92 Å². The highest BCUT2D eigenvalue weighted by atomic mass is 32.1. The van der Waals surface area contributed by atoms with Gasteiger partial charge in [0, 0.05) is 21.6 Å². The third-order valence-corrected chi connectivity index (χ3v) is 6.05. The number of thiocarbonyl (C=S) groups is 1. The molecule has 1 aromatic carbocycles. The van der Waals surface area contributed by atoms with Crippen molar-refractivity contribution in [3.63, 3.8) is 0 Å². The number of aromatic nitrogens is 1. The summed E-state index contributed by atoms with van der Waals surface area (Å²) in [5.41, 5.74) is 1.68. The summed E-state index contributed by atoms with van der Waals surface area (Å²) in [6, 6.07) is 19.3. The van der Waals surface area contributed by atoms with Crippen molar-refractivity contribution in [2.75, 3.05) is 11.9 Å². The Morgan fingerprint density at radius 2 is 1.96 bits per heavy atom. The molecule has 2 aromatic heterocycles. The molecule has 0 saturated carbocycles. The van der Waals surface area contributed by atoms with Crippen LogP contribution in [-0.4, -0.2) is 27.4 Å². The summed E-state index contributed by atoms with van der Waals surface area (Å²) >= 11 is 7.32. The summed E-state index contributed by atoms with van der Waals surface area (Å²) in [6.45, 7) is 2.25. The number of benzene rings is 1. The fourth-order valence-corrected chi connectivity index (χ4v) is 4.71. The summed E-state index contributed by atoms with van der Waals surface area (Å²) in [4.78, 5) is 21.5. The van der Waals surface area contributed by atoms with Gasteiger partial charge in [-0.15, -0.1) is 11.3 Å². The molecule has 0 unspecified atom stereocenters. The number of para-hydroxylation sites is 1. The predicted octanol–water partition coefficient (Wildman–Crippen LogP) is 4.06. The van der Waals surface area contributed by atoms with Crippen molar-refractivity contribution < 1.29 is 4.79 Å². The number of nitrogens with one attached hydrogen (secondary N) is 2. The van der Waals surface area contributed by atoms with Gasteiger partial charge in [-0.25, -0.2) is 0 Å². The predicted molar refractivity (Wildman–Crippen MR) is 116 cm³/mol. The van der Waals surface area contributed by atoms with Crippen molar-refractivity contribution in [2.24, 2.45) is 0 Å². The third-order valence-electron chi connectivity index (χ3n) is 4.62. The summed E-state index contributed by atoms with van der Waals surface area (Å²) < 4.78 is 0. The van der Waals surface area contributed by atoms with Crippen molar-refractivity contribution in [3.05, 3.63) is 82.3 Å². The van der Waals surface area contributed by atoms with Crippen LogP contribution in [0.25, 0.3) is 0 Å². The summed E-state index contributed by atoms with van der Waals surface area (Å²) in [5.74, 6) is -0.102. The normalized spacial score (nSPS) is 18.8. The van der Waals surface area contributed by atoms with Gasteiger partial charge < -0.3 is 15.5 Å². The van der Waals surface area contributed by atoms with Crippen LogP contribution < -0.4 is 10.6 Å². The maximum Gasteiger partial charge on any atom is 0.244 e. The van der Waals surface area contributed by atoms with Gasteiger partial charge in [-0.2, -0.15) is 0 Å². The van der Waals surface area contributed by atoms with Crippen molar-refractivity contribution in [1.82, 2.24) is 15.2 Å². The highest BCUT2D eigenvalue weighted by Gasteiger charge is 2.41. The lowest BCUT2D eigenvalue weighted by molar-refractivity contribution is -0.116. The van der Waals surface area contributed by atoms with E-state index >= 15 is 0 Å². The number of amides is 1. The highest BCUT2D eigenvalue weighted by Crippen LogP contribution is 2.41. The summed E-state index contributed by atoms with van der Waals surface area (Å²) in [7, 11) is 0. The number of aryl methyl sites for hydroxylation is 1. The van der Waals surface area contributed by atoms with Crippen LogP contribution in [-0.2, 0) is 4.79 Å². The third kappa shape index (κ3) is 3.90. The van der Waals surface area contributed by atoms with Crippen LogP contribution in [0.2, 0.25) is 0 Å². The molecule has 1 amide bonds. The molecule has 1 aliphatic rings. The SMILES string of the molecule is Cc1ccc([C@@H]2[C@@H](c3ccccn3)NC(=S)N2CC(=O)Nc2ccccc2)s1. The maximum atomic E-state index is 12.7. The zero-order valence-electron chi connectivity index (χ0n) is 15.3. The van der Waals surface area contributed by atoms with Crippen molar-refractivity contribution in [1.29, 1.82) is 0 Å². The number of carbonyl (C=O) groups is 1. The lowest BCUT2D eigenvalue weighted by Crippen LogP contribution is -2.36. The topological polar surface area (TPSA) is 57.3 Å². The molecule has 0 aliphatic carbocycles. The van der Waals surface area contributed by atoms with E-state index in [-0.39, 0.29) is 24.5 Å². The first-order valence-electron chi connectivity index (χ1n) is 9.01. The zero-order chi connectivity index (χ0) is 19.5. The van der Waals surface area contributed by atoms with Gasteiger partial charge in [0.15, 0.2) is 5.11 Å². The first kappa shape index (κ1) is 18.6. The Balaban J connectivity index is 1.61. The monoisotopic (exact) mass is 408 g/mol. The largest absolute Gasteiger partial charge is 0.352 e. The zero-order valence-corrected chi connectivity index (χ0v) is 17.0. The number of rotatable bonds is 5. The van der Waals surface area contributed by atoms with Crippen LogP contribution in [0.4, 0.5) is 5.69 Å². The van der Waals surface area contributed by atoms with Crippen LogP contribution in [0.3, 0.4) is 0 Å². The molecule has 1 fully saturated rings. The van der Waals surface area contributed by atoms with E-state index in [0.29, 0.717) is 5.11 Å². The molecule has 142 valence electrons. The van der Waals surface area contributed by atoms with Gasteiger partial charge >= 0.3 is 0 Å². The molecule has 28 heavy (non-hydrogen) atoms. The molecule has 7 heteroatoms. The second-order valence-corrected chi connectivity index (χ2v) is 8.32. The van der Waals surface area contributed by atoms with E-state index in [0.717, 1.165) is 16.3 Å². The number of pyridine rings is 1. The minimum absolute atomic E-state index is 0.0809.